The van der Waals surface area contributed by atoms with E-state index in [0.717, 1.165) is 12.1 Å². The number of nitrogens with zero attached hydrogens (tertiary/aromatic N) is 1. The lowest BCUT2D eigenvalue weighted by Crippen LogP contribution is -2.41. The lowest BCUT2D eigenvalue weighted by molar-refractivity contribution is -0.121. The zero-order valence-electron chi connectivity index (χ0n) is 18.3. The summed E-state index contributed by atoms with van der Waals surface area (Å²) in [5.74, 6) is 0.963. The standard InChI is InChI=1S/C21H34N4O4S.HI/c1-3-22-21(23-11-9-20(26)25-19-10-12-30(27,28)16-19)24-13-17(2)14-29-15-18-7-5-4-6-8-18;/h4-8,17,19H,3,9-16H2,1-2H3,(H,25,26)(H2,22,23,24);1H. The minimum atomic E-state index is -2.99. The normalized spacial score (nSPS) is 18.6. The van der Waals surface area contributed by atoms with Gasteiger partial charge in [0.05, 0.1) is 24.7 Å². The molecule has 8 nitrogen and oxygen atoms in total. The van der Waals surface area contributed by atoms with Gasteiger partial charge in [-0.1, -0.05) is 37.3 Å². The van der Waals surface area contributed by atoms with Crippen LogP contribution in [0.25, 0.3) is 0 Å². The van der Waals surface area contributed by atoms with E-state index in [1.807, 2.05) is 37.3 Å². The van der Waals surface area contributed by atoms with Gasteiger partial charge in [-0.05, 0) is 24.8 Å². The Hall–Kier alpha value is -1.40. The largest absolute Gasteiger partial charge is 0.376 e. The third-order valence-electron chi connectivity index (χ3n) is 4.66. The summed E-state index contributed by atoms with van der Waals surface area (Å²) in [6.07, 6.45) is 0.756. The van der Waals surface area contributed by atoms with Crippen LogP contribution in [-0.4, -0.2) is 64.1 Å². The number of hydrogen-bond donors (Lipinski definition) is 3. The minimum Gasteiger partial charge on any atom is -0.376 e. The van der Waals surface area contributed by atoms with Crippen LogP contribution in [0.4, 0.5) is 0 Å². The summed E-state index contributed by atoms with van der Waals surface area (Å²) < 4.78 is 28.7. The monoisotopic (exact) mass is 566 g/mol. The molecule has 3 N–H and O–H groups in total. The lowest BCUT2D eigenvalue weighted by Gasteiger charge is -2.15. The number of hydrogen-bond acceptors (Lipinski definition) is 5. The predicted octanol–water partition coefficient (Wildman–Crippen LogP) is 1.71. The van der Waals surface area contributed by atoms with Crippen molar-refractivity contribution >= 4 is 45.7 Å². The molecule has 0 spiro atoms. The Morgan fingerprint density at radius 1 is 1.26 bits per heavy atom. The van der Waals surface area contributed by atoms with Crippen LogP contribution < -0.4 is 16.0 Å². The van der Waals surface area contributed by atoms with Gasteiger partial charge in [0.2, 0.25) is 5.91 Å². The van der Waals surface area contributed by atoms with Crippen molar-refractivity contribution in [1.82, 2.24) is 16.0 Å². The summed E-state index contributed by atoms with van der Waals surface area (Å²) in [4.78, 5) is 16.6. The Kier molecular flexibility index (Phi) is 13.0. The third-order valence-corrected chi connectivity index (χ3v) is 6.43. The topological polar surface area (TPSA) is 109 Å². The number of rotatable bonds is 11. The first kappa shape index (κ1) is 27.6. The molecule has 0 bridgehead atoms. The van der Waals surface area contributed by atoms with Crippen molar-refractivity contribution in [2.24, 2.45) is 10.9 Å². The SMILES string of the molecule is CCNC(=NCC(C)COCc1ccccc1)NCCC(=O)NC1CCS(=O)(=O)C1.I. The fourth-order valence-electron chi connectivity index (χ4n) is 3.10. The molecule has 2 unspecified atom stereocenters. The van der Waals surface area contributed by atoms with Crippen molar-refractivity contribution in [1.29, 1.82) is 0 Å². The van der Waals surface area contributed by atoms with Crippen LogP contribution in [0.3, 0.4) is 0 Å². The van der Waals surface area contributed by atoms with Gasteiger partial charge in [-0.15, -0.1) is 24.0 Å². The van der Waals surface area contributed by atoms with Crippen molar-refractivity contribution in [3.63, 3.8) is 0 Å². The number of sulfone groups is 1. The van der Waals surface area contributed by atoms with Crippen molar-refractivity contribution in [3.8, 4) is 0 Å². The van der Waals surface area contributed by atoms with E-state index in [-0.39, 0.29) is 59.8 Å². The van der Waals surface area contributed by atoms with E-state index in [1.165, 1.54) is 0 Å². The summed E-state index contributed by atoms with van der Waals surface area (Å²) in [5, 5.41) is 9.11. The second kappa shape index (κ2) is 14.6. The molecule has 31 heavy (non-hydrogen) atoms. The molecule has 1 saturated heterocycles. The maximum Gasteiger partial charge on any atom is 0.222 e. The van der Waals surface area contributed by atoms with E-state index in [4.69, 9.17) is 4.74 Å². The fraction of sp³-hybridized carbons (Fsp3) is 0.619. The Morgan fingerprint density at radius 2 is 2.00 bits per heavy atom. The Balaban J connectivity index is 0.00000480. The minimum absolute atomic E-state index is 0. The molecule has 10 heteroatoms. The number of nitrogens with one attached hydrogen (secondary N) is 3. The first-order valence-electron chi connectivity index (χ1n) is 10.5. The Bertz CT molecular complexity index is 790. The molecule has 1 aliphatic rings. The van der Waals surface area contributed by atoms with Crippen molar-refractivity contribution in [2.45, 2.75) is 39.3 Å². The highest BCUT2D eigenvalue weighted by Crippen LogP contribution is 2.11. The highest BCUT2D eigenvalue weighted by Gasteiger charge is 2.28. The van der Waals surface area contributed by atoms with Gasteiger partial charge in [-0.25, -0.2) is 8.42 Å². The molecule has 2 atom stereocenters. The molecule has 1 heterocycles. The van der Waals surface area contributed by atoms with Gasteiger partial charge in [0.25, 0.3) is 0 Å². The molecular formula is C21H35IN4O4S. The van der Waals surface area contributed by atoms with Crippen molar-refractivity contribution in [3.05, 3.63) is 35.9 Å². The fourth-order valence-corrected chi connectivity index (χ4v) is 4.77. The number of halogens is 1. The zero-order chi connectivity index (χ0) is 21.8. The lowest BCUT2D eigenvalue weighted by atomic mass is 10.2. The van der Waals surface area contributed by atoms with E-state index < -0.39 is 9.84 Å². The van der Waals surface area contributed by atoms with Crippen LogP contribution in [-0.2, 0) is 26.0 Å². The summed E-state index contributed by atoms with van der Waals surface area (Å²) in [7, 11) is -2.99. The molecule has 0 aromatic heterocycles. The van der Waals surface area contributed by atoms with Crippen LogP contribution in [0, 0.1) is 5.92 Å². The molecule has 0 radical (unpaired) electrons. The third kappa shape index (κ3) is 11.7. The maximum absolute atomic E-state index is 12.0. The van der Waals surface area contributed by atoms with Gasteiger partial charge in [0.1, 0.15) is 0 Å². The van der Waals surface area contributed by atoms with E-state index >= 15 is 0 Å². The zero-order valence-corrected chi connectivity index (χ0v) is 21.4. The van der Waals surface area contributed by atoms with Gasteiger partial charge in [-0.3, -0.25) is 9.79 Å². The number of ether oxygens (including phenoxy) is 1. The van der Waals surface area contributed by atoms with Crippen LogP contribution in [0.2, 0.25) is 0 Å². The first-order chi connectivity index (χ1) is 14.4. The average molecular weight is 567 g/mol. The number of amides is 1. The van der Waals surface area contributed by atoms with Gasteiger partial charge >= 0.3 is 0 Å². The summed E-state index contributed by atoms with van der Waals surface area (Å²) in [6, 6.07) is 9.79. The molecule has 1 fully saturated rings. The van der Waals surface area contributed by atoms with Crippen LogP contribution >= 0.6 is 24.0 Å². The number of carbonyl (C=O) groups is 1. The molecule has 176 valence electrons. The van der Waals surface area contributed by atoms with Crippen LogP contribution in [0.1, 0.15) is 32.3 Å². The Labute approximate surface area is 202 Å². The van der Waals surface area contributed by atoms with E-state index in [2.05, 4.69) is 27.9 Å². The summed E-state index contributed by atoms with van der Waals surface area (Å²) >= 11 is 0. The smallest absolute Gasteiger partial charge is 0.222 e. The second-order valence-electron chi connectivity index (χ2n) is 7.67. The summed E-state index contributed by atoms with van der Waals surface area (Å²) in [6.45, 7) is 7.02. The van der Waals surface area contributed by atoms with Gasteiger partial charge in [-0.2, -0.15) is 0 Å². The Morgan fingerprint density at radius 3 is 2.65 bits per heavy atom. The molecule has 1 aromatic carbocycles. The highest BCUT2D eigenvalue weighted by atomic mass is 127. The quantitative estimate of drug-likeness (QED) is 0.214. The maximum atomic E-state index is 12.0. The van der Waals surface area contributed by atoms with Gasteiger partial charge in [0.15, 0.2) is 15.8 Å². The van der Waals surface area contributed by atoms with E-state index in [9.17, 15) is 13.2 Å². The highest BCUT2D eigenvalue weighted by molar-refractivity contribution is 14.0. The van der Waals surface area contributed by atoms with Crippen molar-refractivity contribution in [2.75, 3.05) is 37.7 Å². The number of benzene rings is 1. The van der Waals surface area contributed by atoms with Gasteiger partial charge < -0.3 is 20.7 Å². The first-order valence-corrected chi connectivity index (χ1v) is 12.3. The average Bonchev–Trinajstić information content (AvgIpc) is 3.05. The molecule has 0 saturated carbocycles. The predicted molar refractivity (Wildman–Crippen MR) is 134 cm³/mol. The van der Waals surface area contributed by atoms with E-state index in [0.29, 0.717) is 38.7 Å². The molecule has 2 rings (SSSR count). The number of guanidine groups is 1. The molecule has 1 aliphatic heterocycles. The number of aliphatic imine (C=N–C) groups is 1. The molecular weight excluding hydrogens is 531 g/mol. The number of carbonyl (C=O) groups excluding carboxylic acids is 1. The van der Waals surface area contributed by atoms with Gasteiger partial charge in [0, 0.05) is 32.1 Å². The van der Waals surface area contributed by atoms with Crippen LogP contribution in [0.15, 0.2) is 35.3 Å². The van der Waals surface area contributed by atoms with Crippen molar-refractivity contribution < 1.29 is 17.9 Å². The summed E-state index contributed by atoms with van der Waals surface area (Å²) in [5.41, 5.74) is 1.15. The molecule has 0 aliphatic carbocycles. The molecule has 1 amide bonds. The van der Waals surface area contributed by atoms with E-state index in [1.54, 1.807) is 0 Å². The molecule has 1 aromatic rings. The van der Waals surface area contributed by atoms with Crippen LogP contribution in [0.5, 0.6) is 0 Å². The second-order valence-corrected chi connectivity index (χ2v) is 9.90.